The number of aliphatic hydroxyl groups is 1. The highest BCUT2D eigenvalue weighted by Gasteiger charge is 2.12. The molecular weight excluding hydrogens is 154 g/mol. The zero-order valence-electron chi connectivity index (χ0n) is 6.94. The molecule has 0 saturated carbocycles. The van der Waals surface area contributed by atoms with Crippen LogP contribution in [0, 0.1) is 0 Å². The summed E-state index contributed by atoms with van der Waals surface area (Å²) in [4.78, 5) is 3.99. The molecule has 0 spiro atoms. The number of aliphatic hydroxyl groups excluding tert-OH is 1. The molecule has 2 atom stereocenters. The third-order valence-corrected chi connectivity index (χ3v) is 1.67. The molecular formula is C8H13N3O. The van der Waals surface area contributed by atoms with Crippen LogP contribution in [0.25, 0.3) is 0 Å². The van der Waals surface area contributed by atoms with Crippen LogP contribution in [0.2, 0.25) is 0 Å². The molecule has 0 aliphatic carbocycles. The van der Waals surface area contributed by atoms with Crippen LogP contribution in [0.15, 0.2) is 18.3 Å². The number of anilines is 1. The largest absolute Gasteiger partial charge is 0.397 e. The summed E-state index contributed by atoms with van der Waals surface area (Å²) in [5.41, 5.74) is 12.3. The summed E-state index contributed by atoms with van der Waals surface area (Å²) in [6.07, 6.45) is 0.929. The second-order valence-electron chi connectivity index (χ2n) is 2.78. The van der Waals surface area contributed by atoms with Crippen molar-refractivity contribution < 1.29 is 5.11 Å². The Hall–Kier alpha value is -1.13. The summed E-state index contributed by atoms with van der Waals surface area (Å²) < 4.78 is 0. The Labute approximate surface area is 71.2 Å². The number of hydrogen-bond donors (Lipinski definition) is 3. The number of hydrogen-bond acceptors (Lipinski definition) is 4. The SMILES string of the molecule is C[C@H](O)[C@H](N)c1ccc(N)cn1. The van der Waals surface area contributed by atoms with Crippen molar-refractivity contribution in [2.75, 3.05) is 5.73 Å². The molecule has 0 radical (unpaired) electrons. The Kier molecular flexibility index (Phi) is 2.62. The summed E-state index contributed by atoms with van der Waals surface area (Å²) in [5, 5.41) is 9.15. The Morgan fingerprint density at radius 1 is 1.50 bits per heavy atom. The van der Waals surface area contributed by atoms with E-state index in [4.69, 9.17) is 16.6 Å². The minimum Gasteiger partial charge on any atom is -0.397 e. The quantitative estimate of drug-likeness (QED) is 0.580. The molecule has 4 heteroatoms. The van der Waals surface area contributed by atoms with Gasteiger partial charge in [0.25, 0.3) is 0 Å². The minimum atomic E-state index is -0.596. The molecule has 1 rings (SSSR count). The number of nitrogens with two attached hydrogens (primary N) is 2. The van der Waals surface area contributed by atoms with E-state index >= 15 is 0 Å². The number of pyridine rings is 1. The van der Waals surface area contributed by atoms with Crippen molar-refractivity contribution in [1.29, 1.82) is 0 Å². The van der Waals surface area contributed by atoms with Gasteiger partial charge >= 0.3 is 0 Å². The zero-order valence-corrected chi connectivity index (χ0v) is 6.94. The lowest BCUT2D eigenvalue weighted by Gasteiger charge is -2.13. The molecule has 66 valence electrons. The third kappa shape index (κ3) is 1.93. The van der Waals surface area contributed by atoms with Crippen molar-refractivity contribution in [2.45, 2.75) is 19.1 Å². The average molecular weight is 167 g/mol. The molecule has 12 heavy (non-hydrogen) atoms. The van der Waals surface area contributed by atoms with Crippen LogP contribution in [0.4, 0.5) is 5.69 Å². The summed E-state index contributed by atoms with van der Waals surface area (Å²) >= 11 is 0. The van der Waals surface area contributed by atoms with E-state index in [1.54, 1.807) is 19.1 Å². The minimum absolute atomic E-state index is 0.439. The fourth-order valence-corrected chi connectivity index (χ4v) is 0.861. The maximum atomic E-state index is 9.15. The Morgan fingerprint density at radius 3 is 2.58 bits per heavy atom. The number of nitrogens with zero attached hydrogens (tertiary/aromatic N) is 1. The summed E-state index contributed by atoms with van der Waals surface area (Å²) in [5.74, 6) is 0. The van der Waals surface area contributed by atoms with Gasteiger partial charge in [0.1, 0.15) is 0 Å². The van der Waals surface area contributed by atoms with E-state index in [9.17, 15) is 0 Å². The Balaban J connectivity index is 2.82. The van der Waals surface area contributed by atoms with Gasteiger partial charge in [-0.1, -0.05) is 0 Å². The van der Waals surface area contributed by atoms with Gasteiger partial charge in [-0.05, 0) is 19.1 Å². The van der Waals surface area contributed by atoms with Gasteiger partial charge in [-0.3, -0.25) is 4.98 Å². The summed E-state index contributed by atoms with van der Waals surface area (Å²) in [7, 11) is 0. The maximum absolute atomic E-state index is 9.15. The van der Waals surface area contributed by atoms with E-state index in [1.807, 2.05) is 0 Å². The van der Waals surface area contributed by atoms with Gasteiger partial charge in [0.15, 0.2) is 0 Å². The standard InChI is InChI=1S/C8H13N3O/c1-5(12)8(10)7-3-2-6(9)4-11-7/h2-5,8,12H,9-10H2,1H3/t5-,8-/m0/s1. The Morgan fingerprint density at radius 2 is 2.17 bits per heavy atom. The van der Waals surface area contributed by atoms with Gasteiger partial charge < -0.3 is 16.6 Å². The molecule has 0 aliphatic heterocycles. The summed E-state index contributed by atoms with van der Waals surface area (Å²) in [6, 6.07) is 2.99. The molecule has 0 bridgehead atoms. The van der Waals surface area contributed by atoms with Crippen molar-refractivity contribution in [1.82, 2.24) is 4.98 Å². The van der Waals surface area contributed by atoms with Gasteiger partial charge in [0.2, 0.25) is 0 Å². The molecule has 1 aromatic heterocycles. The van der Waals surface area contributed by atoms with Gasteiger partial charge in [0, 0.05) is 0 Å². The van der Waals surface area contributed by atoms with Gasteiger partial charge in [0.05, 0.1) is 29.7 Å². The van der Waals surface area contributed by atoms with Crippen LogP contribution >= 0.6 is 0 Å². The molecule has 4 nitrogen and oxygen atoms in total. The highest BCUT2D eigenvalue weighted by molar-refractivity contribution is 5.35. The van der Waals surface area contributed by atoms with E-state index in [0.717, 1.165) is 0 Å². The first-order valence-corrected chi connectivity index (χ1v) is 3.76. The lowest BCUT2D eigenvalue weighted by Crippen LogP contribution is -2.24. The van der Waals surface area contributed by atoms with Crippen LogP contribution in [-0.4, -0.2) is 16.2 Å². The molecule has 0 unspecified atom stereocenters. The van der Waals surface area contributed by atoms with Crippen LogP contribution in [0.1, 0.15) is 18.7 Å². The van der Waals surface area contributed by atoms with Crippen molar-refractivity contribution >= 4 is 5.69 Å². The van der Waals surface area contributed by atoms with Gasteiger partial charge in [-0.2, -0.15) is 0 Å². The predicted octanol–water partition coefficient (Wildman–Crippen LogP) is 0.0444. The Bertz CT molecular complexity index is 245. The first kappa shape index (κ1) is 8.96. The molecule has 0 saturated heterocycles. The van der Waals surface area contributed by atoms with E-state index in [2.05, 4.69) is 4.98 Å². The molecule has 0 amide bonds. The van der Waals surface area contributed by atoms with E-state index in [0.29, 0.717) is 11.4 Å². The average Bonchev–Trinajstić information content (AvgIpc) is 2.04. The number of nitrogen functional groups attached to an aromatic ring is 1. The van der Waals surface area contributed by atoms with Crippen molar-refractivity contribution in [3.05, 3.63) is 24.0 Å². The van der Waals surface area contributed by atoms with E-state index < -0.39 is 12.1 Å². The fraction of sp³-hybridized carbons (Fsp3) is 0.375. The zero-order chi connectivity index (χ0) is 9.14. The van der Waals surface area contributed by atoms with Crippen LogP contribution in [0.3, 0.4) is 0 Å². The maximum Gasteiger partial charge on any atom is 0.0730 e. The van der Waals surface area contributed by atoms with Crippen LogP contribution in [-0.2, 0) is 0 Å². The monoisotopic (exact) mass is 167 g/mol. The molecule has 0 aliphatic rings. The van der Waals surface area contributed by atoms with Crippen LogP contribution in [0.5, 0.6) is 0 Å². The molecule has 0 fully saturated rings. The lowest BCUT2D eigenvalue weighted by molar-refractivity contribution is 0.162. The van der Waals surface area contributed by atoms with E-state index in [1.165, 1.54) is 6.20 Å². The molecule has 1 heterocycles. The summed E-state index contributed by atoms with van der Waals surface area (Å²) in [6.45, 7) is 1.63. The molecule has 0 aromatic carbocycles. The number of aromatic nitrogens is 1. The van der Waals surface area contributed by atoms with Crippen molar-refractivity contribution in [2.24, 2.45) is 5.73 Å². The van der Waals surface area contributed by atoms with Gasteiger partial charge in [-0.15, -0.1) is 0 Å². The lowest BCUT2D eigenvalue weighted by atomic mass is 10.1. The first-order valence-electron chi connectivity index (χ1n) is 3.76. The van der Waals surface area contributed by atoms with Crippen LogP contribution < -0.4 is 11.5 Å². The number of rotatable bonds is 2. The molecule has 1 aromatic rings. The second-order valence-corrected chi connectivity index (χ2v) is 2.78. The van der Waals surface area contributed by atoms with Crippen molar-refractivity contribution in [3.8, 4) is 0 Å². The fourth-order valence-electron chi connectivity index (χ4n) is 0.861. The first-order chi connectivity index (χ1) is 5.61. The normalized spacial score (nSPS) is 15.6. The molecule has 5 N–H and O–H groups in total. The smallest absolute Gasteiger partial charge is 0.0730 e. The second kappa shape index (κ2) is 3.51. The van der Waals surface area contributed by atoms with Crippen molar-refractivity contribution in [3.63, 3.8) is 0 Å². The van der Waals surface area contributed by atoms with Gasteiger partial charge in [-0.25, -0.2) is 0 Å². The third-order valence-electron chi connectivity index (χ3n) is 1.67. The van der Waals surface area contributed by atoms with E-state index in [-0.39, 0.29) is 0 Å². The highest BCUT2D eigenvalue weighted by Crippen LogP contribution is 2.11. The predicted molar refractivity (Wildman–Crippen MR) is 47.3 cm³/mol. The highest BCUT2D eigenvalue weighted by atomic mass is 16.3. The topological polar surface area (TPSA) is 85.2 Å².